The molecule has 1 atom stereocenters. The lowest BCUT2D eigenvalue weighted by molar-refractivity contribution is -0.139. The van der Waals surface area contributed by atoms with E-state index in [1.165, 1.54) is 29.2 Å². The predicted molar refractivity (Wildman–Crippen MR) is 121 cm³/mol. The summed E-state index contributed by atoms with van der Waals surface area (Å²) in [5.41, 5.74) is 0.972. The number of nitrogens with zero attached hydrogens (tertiary/aromatic N) is 2. The SMILES string of the molecule is CC(C)Oc1ccc(C(O)=C2C(=O)C(=O)N(CCCN(C)C)[C@H]2c2ccc(F)cc2)cc1. The number of ketones is 1. The summed E-state index contributed by atoms with van der Waals surface area (Å²) in [6.07, 6.45) is 0.652. The first-order valence-electron chi connectivity index (χ1n) is 10.6. The van der Waals surface area contributed by atoms with Crippen molar-refractivity contribution in [3.05, 3.63) is 71.0 Å². The van der Waals surface area contributed by atoms with Crippen LogP contribution in [-0.2, 0) is 9.59 Å². The van der Waals surface area contributed by atoms with Crippen LogP contribution in [0.15, 0.2) is 54.1 Å². The molecule has 1 amide bonds. The Balaban J connectivity index is 2.03. The van der Waals surface area contributed by atoms with E-state index in [9.17, 15) is 19.1 Å². The molecule has 0 aliphatic carbocycles. The standard InChI is InChI=1S/C25H29FN2O4/c1-16(2)32-20-12-8-18(9-13-20)23(29)21-22(17-6-10-19(26)11-7-17)28(25(31)24(21)30)15-5-14-27(3)4/h6-13,16,22,29H,5,14-15H2,1-4H3/t22-/m0/s1. The number of benzene rings is 2. The number of hydrogen-bond donors (Lipinski definition) is 1. The molecule has 1 heterocycles. The van der Waals surface area contributed by atoms with Gasteiger partial charge in [0.05, 0.1) is 17.7 Å². The quantitative estimate of drug-likeness (QED) is 0.382. The molecule has 7 heteroatoms. The molecule has 3 rings (SSSR count). The third kappa shape index (κ3) is 5.16. The molecule has 1 N–H and O–H groups in total. The topological polar surface area (TPSA) is 70.1 Å². The lowest BCUT2D eigenvalue weighted by Crippen LogP contribution is -2.32. The molecule has 1 saturated heterocycles. The number of halogens is 1. The molecular weight excluding hydrogens is 411 g/mol. The number of amides is 1. The first kappa shape index (κ1) is 23.5. The Morgan fingerprint density at radius 3 is 2.28 bits per heavy atom. The number of Topliss-reactive ketones (excluding diaryl/α,β-unsaturated/α-hetero) is 1. The van der Waals surface area contributed by atoms with Crippen molar-refractivity contribution in [2.75, 3.05) is 27.2 Å². The number of likely N-dealkylation sites (tertiary alicyclic amines) is 1. The number of ether oxygens (including phenoxy) is 1. The maximum Gasteiger partial charge on any atom is 0.295 e. The van der Waals surface area contributed by atoms with Gasteiger partial charge in [0.1, 0.15) is 17.3 Å². The third-order valence-corrected chi connectivity index (χ3v) is 5.23. The first-order valence-corrected chi connectivity index (χ1v) is 10.6. The Bertz CT molecular complexity index is 998. The minimum Gasteiger partial charge on any atom is -0.507 e. The largest absolute Gasteiger partial charge is 0.507 e. The van der Waals surface area contributed by atoms with E-state index in [0.29, 0.717) is 29.8 Å². The number of hydrogen-bond acceptors (Lipinski definition) is 5. The van der Waals surface area contributed by atoms with Crippen molar-refractivity contribution in [3.8, 4) is 5.75 Å². The Morgan fingerprint density at radius 1 is 1.09 bits per heavy atom. The average Bonchev–Trinajstić information content (AvgIpc) is 2.99. The first-order chi connectivity index (χ1) is 15.2. The number of carbonyl (C=O) groups excluding carboxylic acids is 2. The van der Waals surface area contributed by atoms with Crippen LogP contribution in [0.2, 0.25) is 0 Å². The number of aliphatic hydroxyl groups is 1. The van der Waals surface area contributed by atoms with Gasteiger partial charge in [-0.2, -0.15) is 0 Å². The van der Waals surface area contributed by atoms with Gasteiger partial charge in [0.2, 0.25) is 0 Å². The zero-order valence-electron chi connectivity index (χ0n) is 18.8. The molecule has 1 aliphatic heterocycles. The Morgan fingerprint density at radius 2 is 1.72 bits per heavy atom. The minimum atomic E-state index is -0.788. The maximum atomic E-state index is 13.5. The molecule has 1 fully saturated rings. The molecule has 0 radical (unpaired) electrons. The highest BCUT2D eigenvalue weighted by Crippen LogP contribution is 2.39. The van der Waals surface area contributed by atoms with Crippen molar-refractivity contribution in [2.24, 2.45) is 0 Å². The van der Waals surface area contributed by atoms with Crippen LogP contribution < -0.4 is 4.74 Å². The highest BCUT2D eigenvalue weighted by molar-refractivity contribution is 6.46. The van der Waals surface area contributed by atoms with Crippen LogP contribution >= 0.6 is 0 Å². The molecule has 2 aromatic rings. The molecule has 6 nitrogen and oxygen atoms in total. The zero-order chi connectivity index (χ0) is 23.4. The lowest BCUT2D eigenvalue weighted by Gasteiger charge is -2.26. The van der Waals surface area contributed by atoms with Gasteiger partial charge in [0, 0.05) is 12.1 Å². The molecule has 0 bridgehead atoms. The summed E-state index contributed by atoms with van der Waals surface area (Å²) in [4.78, 5) is 29.3. The van der Waals surface area contributed by atoms with Crippen molar-refractivity contribution in [3.63, 3.8) is 0 Å². The second-order valence-corrected chi connectivity index (χ2v) is 8.39. The van der Waals surface area contributed by atoms with Crippen molar-refractivity contribution in [1.82, 2.24) is 9.80 Å². The maximum absolute atomic E-state index is 13.5. The van der Waals surface area contributed by atoms with Crippen LogP contribution in [0.25, 0.3) is 5.76 Å². The summed E-state index contributed by atoms with van der Waals surface area (Å²) in [7, 11) is 3.86. The summed E-state index contributed by atoms with van der Waals surface area (Å²) in [5.74, 6) is -1.46. The van der Waals surface area contributed by atoms with Crippen molar-refractivity contribution in [2.45, 2.75) is 32.4 Å². The van der Waals surface area contributed by atoms with E-state index >= 15 is 0 Å². The molecule has 1 aliphatic rings. The Hall–Kier alpha value is -3.19. The number of rotatable bonds is 8. The normalized spacial score (nSPS) is 18.1. The summed E-state index contributed by atoms with van der Waals surface area (Å²) >= 11 is 0. The van der Waals surface area contributed by atoms with Crippen LogP contribution in [0.5, 0.6) is 5.75 Å². The van der Waals surface area contributed by atoms with Gasteiger partial charge >= 0.3 is 0 Å². The van der Waals surface area contributed by atoms with Gasteiger partial charge in [-0.15, -0.1) is 0 Å². The second kappa shape index (κ2) is 9.96. The molecule has 32 heavy (non-hydrogen) atoms. The van der Waals surface area contributed by atoms with Crippen molar-refractivity contribution >= 4 is 17.4 Å². The molecular formula is C25H29FN2O4. The number of carbonyl (C=O) groups is 2. The molecule has 2 aromatic carbocycles. The summed E-state index contributed by atoms with van der Waals surface area (Å²) in [6, 6.07) is 11.6. The van der Waals surface area contributed by atoms with E-state index in [1.54, 1.807) is 24.3 Å². The van der Waals surface area contributed by atoms with Gasteiger partial charge in [0.25, 0.3) is 11.7 Å². The van der Waals surface area contributed by atoms with E-state index in [2.05, 4.69) is 0 Å². The molecule has 0 spiro atoms. The van der Waals surface area contributed by atoms with Gasteiger partial charge < -0.3 is 19.6 Å². The monoisotopic (exact) mass is 440 g/mol. The summed E-state index contributed by atoms with van der Waals surface area (Å²) in [5, 5.41) is 11.1. The fourth-order valence-corrected chi connectivity index (χ4v) is 3.78. The van der Waals surface area contributed by atoms with Crippen LogP contribution in [0, 0.1) is 5.82 Å². The number of aliphatic hydroxyl groups excluding tert-OH is 1. The van der Waals surface area contributed by atoms with Crippen LogP contribution in [0.4, 0.5) is 4.39 Å². The average molecular weight is 441 g/mol. The molecule has 170 valence electrons. The van der Waals surface area contributed by atoms with E-state index < -0.39 is 23.5 Å². The summed E-state index contributed by atoms with van der Waals surface area (Å²) in [6.45, 7) is 4.89. The fourth-order valence-electron chi connectivity index (χ4n) is 3.78. The molecule has 0 saturated carbocycles. The van der Waals surface area contributed by atoms with E-state index in [4.69, 9.17) is 4.74 Å². The lowest BCUT2D eigenvalue weighted by atomic mass is 9.95. The van der Waals surface area contributed by atoms with Gasteiger partial charge in [-0.25, -0.2) is 4.39 Å². The molecule has 0 unspecified atom stereocenters. The van der Waals surface area contributed by atoms with Crippen molar-refractivity contribution < 1.29 is 23.8 Å². The van der Waals surface area contributed by atoms with E-state index in [0.717, 1.165) is 6.54 Å². The second-order valence-electron chi connectivity index (χ2n) is 8.39. The minimum absolute atomic E-state index is 0.000383. The van der Waals surface area contributed by atoms with Crippen LogP contribution in [0.3, 0.4) is 0 Å². The smallest absolute Gasteiger partial charge is 0.295 e. The van der Waals surface area contributed by atoms with Crippen molar-refractivity contribution in [1.29, 1.82) is 0 Å². The highest BCUT2D eigenvalue weighted by Gasteiger charge is 2.45. The van der Waals surface area contributed by atoms with E-state index in [-0.39, 0.29) is 17.4 Å². The van der Waals surface area contributed by atoms with E-state index in [1.807, 2.05) is 32.8 Å². The van der Waals surface area contributed by atoms with Crippen LogP contribution in [-0.4, -0.2) is 59.9 Å². The van der Waals surface area contributed by atoms with Gasteiger partial charge in [-0.3, -0.25) is 9.59 Å². The molecule has 0 aromatic heterocycles. The Labute approximate surface area is 187 Å². The summed E-state index contributed by atoms with van der Waals surface area (Å²) < 4.78 is 19.2. The fraction of sp³-hybridized carbons (Fsp3) is 0.360. The Kier molecular flexibility index (Phi) is 7.30. The highest BCUT2D eigenvalue weighted by atomic mass is 19.1. The predicted octanol–water partition coefficient (Wildman–Crippen LogP) is 3.99. The third-order valence-electron chi connectivity index (χ3n) is 5.23. The van der Waals surface area contributed by atoms with Gasteiger partial charge in [-0.1, -0.05) is 12.1 Å². The van der Waals surface area contributed by atoms with Gasteiger partial charge in [0.15, 0.2) is 0 Å². The van der Waals surface area contributed by atoms with Crippen LogP contribution in [0.1, 0.15) is 37.4 Å². The zero-order valence-corrected chi connectivity index (χ0v) is 18.8. The van der Waals surface area contributed by atoms with Gasteiger partial charge in [-0.05, 0) is 82.9 Å².